The van der Waals surface area contributed by atoms with Crippen molar-refractivity contribution in [2.24, 2.45) is 0 Å². The van der Waals surface area contributed by atoms with Crippen molar-refractivity contribution < 1.29 is 22.7 Å². The molecule has 248 valence electrons. The van der Waals surface area contributed by atoms with Crippen molar-refractivity contribution in [1.82, 2.24) is 19.9 Å². The molecule has 1 aliphatic heterocycles. The number of pyridine rings is 1. The number of aromatic nitrogens is 3. The number of likely N-dealkylation sites (tertiary alicyclic amines) is 1. The Morgan fingerprint density at radius 2 is 1.74 bits per heavy atom. The SMILES string of the molecule is Cc1ccc2c(NS(=O)(=O)C3CCCC3)cccc2c1Oc1ncccc1-c1ccnc(N[C@H]2CCCN(C(=O)OC(C)(C)C)C2)n1. The summed E-state index contributed by atoms with van der Waals surface area (Å²) >= 11 is 0. The molecule has 2 aromatic carbocycles. The predicted octanol–water partition coefficient (Wildman–Crippen LogP) is 7.29. The summed E-state index contributed by atoms with van der Waals surface area (Å²) in [6.45, 7) is 8.67. The average Bonchev–Trinajstić information content (AvgIpc) is 3.59. The lowest BCUT2D eigenvalue weighted by molar-refractivity contribution is 0.0206. The molecule has 6 rings (SSSR count). The summed E-state index contributed by atoms with van der Waals surface area (Å²) in [6.07, 6.45) is 7.96. The second-order valence-electron chi connectivity index (χ2n) is 13.3. The Morgan fingerprint density at radius 3 is 2.53 bits per heavy atom. The maximum Gasteiger partial charge on any atom is 0.410 e. The lowest BCUT2D eigenvalue weighted by atomic mass is 10.0. The fraction of sp³-hybridized carbons (Fsp3) is 0.429. The summed E-state index contributed by atoms with van der Waals surface area (Å²) < 4.78 is 41.3. The van der Waals surface area contributed by atoms with E-state index in [1.54, 1.807) is 29.4 Å². The van der Waals surface area contributed by atoms with E-state index in [9.17, 15) is 13.2 Å². The quantitative estimate of drug-likeness (QED) is 0.200. The van der Waals surface area contributed by atoms with Crippen LogP contribution in [0.1, 0.15) is 64.9 Å². The Labute approximate surface area is 276 Å². The minimum atomic E-state index is -3.51. The molecule has 0 spiro atoms. The first kappa shape index (κ1) is 32.5. The van der Waals surface area contributed by atoms with Gasteiger partial charge in [0.05, 0.1) is 22.2 Å². The minimum Gasteiger partial charge on any atom is -0.444 e. The highest BCUT2D eigenvalue weighted by Crippen LogP contribution is 2.39. The van der Waals surface area contributed by atoms with Gasteiger partial charge in [0, 0.05) is 42.3 Å². The van der Waals surface area contributed by atoms with Gasteiger partial charge in [0.1, 0.15) is 11.4 Å². The third kappa shape index (κ3) is 7.59. The fourth-order valence-corrected chi connectivity index (χ4v) is 7.82. The van der Waals surface area contributed by atoms with E-state index in [0.29, 0.717) is 60.5 Å². The largest absolute Gasteiger partial charge is 0.444 e. The van der Waals surface area contributed by atoms with Crippen LogP contribution in [0.5, 0.6) is 11.6 Å². The van der Waals surface area contributed by atoms with E-state index in [4.69, 9.17) is 14.5 Å². The summed E-state index contributed by atoms with van der Waals surface area (Å²) in [5, 5.41) is 4.54. The topological polar surface area (TPSA) is 136 Å². The van der Waals surface area contributed by atoms with Crippen LogP contribution >= 0.6 is 0 Å². The molecule has 0 bridgehead atoms. The molecule has 11 nitrogen and oxygen atoms in total. The molecule has 1 atom stereocenters. The van der Waals surface area contributed by atoms with Crippen LogP contribution in [0, 0.1) is 6.92 Å². The second-order valence-corrected chi connectivity index (χ2v) is 15.3. The van der Waals surface area contributed by atoms with E-state index in [1.807, 2.05) is 64.1 Å². The van der Waals surface area contributed by atoms with E-state index in [2.05, 4.69) is 20.0 Å². The van der Waals surface area contributed by atoms with Crippen molar-refractivity contribution in [2.45, 2.75) is 83.1 Å². The average molecular weight is 659 g/mol. The first-order chi connectivity index (χ1) is 22.5. The molecule has 2 N–H and O–H groups in total. The van der Waals surface area contributed by atoms with E-state index >= 15 is 0 Å². The molecule has 2 aliphatic rings. The van der Waals surface area contributed by atoms with Crippen molar-refractivity contribution in [3.8, 4) is 22.9 Å². The second kappa shape index (κ2) is 13.3. The number of piperidine rings is 1. The minimum absolute atomic E-state index is 0.0326. The molecular formula is C35H42N6O5S. The number of anilines is 2. The van der Waals surface area contributed by atoms with Crippen molar-refractivity contribution in [3.05, 3.63) is 66.5 Å². The van der Waals surface area contributed by atoms with Crippen LogP contribution in [0.25, 0.3) is 22.0 Å². The van der Waals surface area contributed by atoms with E-state index < -0.39 is 15.6 Å². The van der Waals surface area contributed by atoms with Gasteiger partial charge < -0.3 is 19.7 Å². The van der Waals surface area contributed by atoms with Gasteiger partial charge in [-0.1, -0.05) is 37.1 Å². The normalized spacial score (nSPS) is 17.4. The number of aryl methyl sites for hydroxylation is 1. The number of carbonyl (C=O) groups is 1. The number of fused-ring (bicyclic) bond motifs is 1. The van der Waals surface area contributed by atoms with Crippen molar-refractivity contribution >= 4 is 38.5 Å². The molecule has 1 aliphatic carbocycles. The van der Waals surface area contributed by atoms with Gasteiger partial charge in [-0.25, -0.2) is 28.2 Å². The Kier molecular flexibility index (Phi) is 9.23. The number of amides is 1. The van der Waals surface area contributed by atoms with Gasteiger partial charge in [-0.15, -0.1) is 0 Å². The first-order valence-electron chi connectivity index (χ1n) is 16.2. The van der Waals surface area contributed by atoms with Gasteiger partial charge in [-0.2, -0.15) is 0 Å². The van der Waals surface area contributed by atoms with Crippen molar-refractivity contribution in [3.63, 3.8) is 0 Å². The zero-order valence-electron chi connectivity index (χ0n) is 27.3. The highest BCUT2D eigenvalue weighted by molar-refractivity contribution is 7.93. The highest BCUT2D eigenvalue weighted by atomic mass is 32.2. The lowest BCUT2D eigenvalue weighted by Gasteiger charge is -2.34. The molecular weight excluding hydrogens is 616 g/mol. The molecule has 2 fully saturated rings. The number of rotatable bonds is 8. The molecule has 12 heteroatoms. The predicted molar refractivity (Wildman–Crippen MR) is 183 cm³/mol. The number of ether oxygens (including phenoxy) is 2. The molecule has 1 saturated heterocycles. The van der Waals surface area contributed by atoms with E-state index in [-0.39, 0.29) is 17.4 Å². The number of benzene rings is 2. The monoisotopic (exact) mass is 658 g/mol. The Bertz CT molecular complexity index is 1870. The van der Waals surface area contributed by atoms with Crippen LogP contribution < -0.4 is 14.8 Å². The molecule has 4 aromatic rings. The summed E-state index contributed by atoms with van der Waals surface area (Å²) in [7, 11) is -3.51. The van der Waals surface area contributed by atoms with Crippen LogP contribution in [0.15, 0.2) is 60.9 Å². The van der Waals surface area contributed by atoms with Gasteiger partial charge in [-0.05, 0) is 83.2 Å². The number of sulfonamides is 1. The van der Waals surface area contributed by atoms with Crippen LogP contribution in [0.3, 0.4) is 0 Å². The van der Waals surface area contributed by atoms with Crippen molar-refractivity contribution in [1.29, 1.82) is 0 Å². The summed E-state index contributed by atoms with van der Waals surface area (Å²) in [5.74, 6) is 1.38. The lowest BCUT2D eigenvalue weighted by Crippen LogP contribution is -2.47. The molecule has 2 aromatic heterocycles. The van der Waals surface area contributed by atoms with Crippen LogP contribution in [-0.2, 0) is 14.8 Å². The number of nitrogens with one attached hydrogen (secondary N) is 2. The summed E-state index contributed by atoms with van der Waals surface area (Å²) in [4.78, 5) is 28.2. The fourth-order valence-electron chi connectivity index (χ4n) is 6.21. The number of hydrogen-bond acceptors (Lipinski definition) is 9. The number of carbonyl (C=O) groups excluding carboxylic acids is 1. The van der Waals surface area contributed by atoms with Gasteiger partial charge >= 0.3 is 6.09 Å². The number of hydrogen-bond donors (Lipinski definition) is 2. The van der Waals surface area contributed by atoms with Crippen molar-refractivity contribution in [2.75, 3.05) is 23.1 Å². The molecule has 1 amide bonds. The zero-order chi connectivity index (χ0) is 33.2. The Morgan fingerprint density at radius 1 is 0.936 bits per heavy atom. The van der Waals surface area contributed by atoms with Gasteiger partial charge in [0.15, 0.2) is 0 Å². The molecule has 3 heterocycles. The standard InChI is InChI=1S/C35H42N6O5S/c1-23-16-17-26-27(13-7-15-30(26)40-47(43,44)25-11-5-6-12-25)31(23)45-32-28(14-8-19-36-32)29-18-20-37-33(39-29)38-24-10-9-21-41(22-24)34(42)46-35(2,3)4/h7-8,13-20,24-25,40H,5-6,9-12,21-22H2,1-4H3,(H,37,38,39)/t24-/m0/s1. The smallest absolute Gasteiger partial charge is 0.410 e. The summed E-state index contributed by atoms with van der Waals surface area (Å²) in [6, 6.07) is 14.9. The molecule has 0 unspecified atom stereocenters. The molecule has 1 saturated carbocycles. The zero-order valence-corrected chi connectivity index (χ0v) is 28.1. The van der Waals surface area contributed by atoms with Gasteiger partial charge in [-0.3, -0.25) is 4.72 Å². The van der Waals surface area contributed by atoms with Crippen LogP contribution in [0.2, 0.25) is 0 Å². The van der Waals surface area contributed by atoms with Gasteiger partial charge in [0.25, 0.3) is 0 Å². The Balaban J connectivity index is 1.24. The first-order valence-corrected chi connectivity index (χ1v) is 17.8. The van der Waals surface area contributed by atoms with E-state index in [1.165, 1.54) is 0 Å². The third-order valence-corrected chi connectivity index (χ3v) is 10.4. The molecule has 47 heavy (non-hydrogen) atoms. The third-order valence-electron chi connectivity index (χ3n) is 8.51. The van der Waals surface area contributed by atoms with Crippen LogP contribution in [0.4, 0.5) is 16.4 Å². The Hall–Kier alpha value is -4.45. The summed E-state index contributed by atoms with van der Waals surface area (Å²) in [5.41, 5.74) is 2.14. The molecule has 0 radical (unpaired) electrons. The highest BCUT2D eigenvalue weighted by Gasteiger charge is 2.30. The maximum atomic E-state index is 13.1. The van der Waals surface area contributed by atoms with Gasteiger partial charge in [0.2, 0.25) is 21.9 Å². The van der Waals surface area contributed by atoms with E-state index in [0.717, 1.165) is 42.0 Å². The maximum absolute atomic E-state index is 13.1. The number of nitrogens with zero attached hydrogens (tertiary/aromatic N) is 4. The van der Waals surface area contributed by atoms with Crippen LogP contribution in [-0.4, -0.2) is 64.3 Å².